The van der Waals surface area contributed by atoms with Gasteiger partial charge in [0.05, 0.1) is 34.2 Å². The molecule has 36 heavy (non-hydrogen) atoms. The van der Waals surface area contributed by atoms with Crippen LogP contribution in [-0.4, -0.2) is 26.4 Å². The van der Waals surface area contributed by atoms with E-state index in [9.17, 15) is 4.79 Å². The number of hydrogen-bond donors (Lipinski definition) is 3. The van der Waals surface area contributed by atoms with Crippen LogP contribution in [0.4, 0.5) is 22.2 Å². The van der Waals surface area contributed by atoms with E-state index in [4.69, 9.17) is 10.5 Å². The summed E-state index contributed by atoms with van der Waals surface area (Å²) in [5, 5.41) is 6.90. The largest absolute Gasteiger partial charge is 0.487 e. The third-order valence-corrected chi connectivity index (χ3v) is 7.15. The lowest BCUT2D eigenvalue weighted by atomic mass is 9.96. The summed E-state index contributed by atoms with van der Waals surface area (Å²) < 4.78 is 8.16. The van der Waals surface area contributed by atoms with Crippen LogP contribution in [0.15, 0.2) is 79.3 Å². The fourth-order valence-electron chi connectivity index (χ4n) is 4.01. The Morgan fingerprint density at radius 3 is 2.64 bits per heavy atom. The van der Waals surface area contributed by atoms with E-state index in [2.05, 4.69) is 20.6 Å². The van der Waals surface area contributed by atoms with Crippen molar-refractivity contribution in [3.05, 3.63) is 84.8 Å². The van der Waals surface area contributed by atoms with Gasteiger partial charge < -0.3 is 21.1 Å². The first-order chi connectivity index (χ1) is 17.6. The molecule has 0 radical (unpaired) electrons. The Bertz CT molecular complexity index is 1540. The van der Waals surface area contributed by atoms with Gasteiger partial charge in [0.15, 0.2) is 16.5 Å². The monoisotopic (exact) mass is 496 g/mol. The average molecular weight is 497 g/mol. The molecule has 9 heteroatoms. The van der Waals surface area contributed by atoms with Crippen LogP contribution >= 0.6 is 11.3 Å². The molecule has 180 valence electrons. The van der Waals surface area contributed by atoms with E-state index in [0.29, 0.717) is 23.0 Å². The smallest absolute Gasteiger partial charge is 0.255 e. The summed E-state index contributed by atoms with van der Waals surface area (Å²) in [6, 6.07) is 18.4. The Balaban J connectivity index is 1.15. The van der Waals surface area contributed by atoms with Crippen LogP contribution in [0.5, 0.6) is 5.75 Å². The molecule has 4 N–H and O–H groups in total. The summed E-state index contributed by atoms with van der Waals surface area (Å²) >= 11 is 1.53. The molecular formula is C27H24N6O2S. The molecule has 1 aliphatic carbocycles. The standard InChI is InChI=1S/C27H24N6O2S/c28-20-7-1-2-8-21(20)32-26(34)17-10-12-18(13-11-17)31-27-30-16-24(36-27)22-15-29-25-23(9-4-14-33(22)25)35-19-5-3-6-19/h1-2,4,7-16,19H,3,5-6,28H2,(H,30,31)(H,32,34). The number of fused-ring (bicyclic) bond motifs is 1. The lowest BCUT2D eigenvalue weighted by Crippen LogP contribution is -2.24. The minimum atomic E-state index is -0.218. The number of pyridine rings is 1. The van der Waals surface area contributed by atoms with Gasteiger partial charge in [-0.25, -0.2) is 9.97 Å². The van der Waals surface area contributed by atoms with Crippen molar-refractivity contribution in [2.75, 3.05) is 16.4 Å². The summed E-state index contributed by atoms with van der Waals surface area (Å²) in [5.74, 6) is 0.597. The van der Waals surface area contributed by atoms with Crippen LogP contribution in [-0.2, 0) is 0 Å². The number of nitrogen functional groups attached to an aromatic ring is 1. The van der Waals surface area contributed by atoms with Crippen molar-refractivity contribution in [2.24, 2.45) is 0 Å². The van der Waals surface area contributed by atoms with Crippen molar-refractivity contribution in [1.29, 1.82) is 0 Å². The number of aromatic nitrogens is 3. The van der Waals surface area contributed by atoms with Crippen molar-refractivity contribution in [3.63, 3.8) is 0 Å². The van der Waals surface area contributed by atoms with E-state index in [1.165, 1.54) is 17.8 Å². The molecule has 6 rings (SSSR count). The second-order valence-electron chi connectivity index (χ2n) is 8.65. The number of thiazole rings is 1. The second-order valence-corrected chi connectivity index (χ2v) is 9.68. The van der Waals surface area contributed by atoms with E-state index >= 15 is 0 Å². The maximum Gasteiger partial charge on any atom is 0.255 e. The number of nitrogens with zero attached hydrogens (tertiary/aromatic N) is 3. The van der Waals surface area contributed by atoms with E-state index in [-0.39, 0.29) is 5.91 Å². The van der Waals surface area contributed by atoms with Crippen LogP contribution in [0.1, 0.15) is 29.6 Å². The van der Waals surface area contributed by atoms with Gasteiger partial charge in [-0.05, 0) is 67.8 Å². The predicted molar refractivity (Wildman–Crippen MR) is 143 cm³/mol. The van der Waals surface area contributed by atoms with Crippen LogP contribution in [0.2, 0.25) is 0 Å². The van der Waals surface area contributed by atoms with Crippen LogP contribution in [0.25, 0.3) is 16.2 Å². The molecule has 1 fully saturated rings. The molecule has 0 aliphatic heterocycles. The number of amides is 1. The first-order valence-electron chi connectivity index (χ1n) is 11.8. The van der Waals surface area contributed by atoms with E-state index in [1.54, 1.807) is 24.3 Å². The molecule has 8 nitrogen and oxygen atoms in total. The molecule has 0 bridgehead atoms. The maximum absolute atomic E-state index is 12.6. The van der Waals surface area contributed by atoms with Gasteiger partial charge in [0.2, 0.25) is 0 Å². The third kappa shape index (κ3) is 4.36. The number of benzene rings is 2. The zero-order chi connectivity index (χ0) is 24.5. The van der Waals surface area contributed by atoms with Crippen molar-refractivity contribution in [1.82, 2.24) is 14.4 Å². The number of rotatable bonds is 7. The van der Waals surface area contributed by atoms with Crippen molar-refractivity contribution in [3.8, 4) is 16.3 Å². The zero-order valence-electron chi connectivity index (χ0n) is 19.3. The molecular weight excluding hydrogens is 472 g/mol. The molecule has 2 aromatic carbocycles. The Morgan fingerprint density at radius 1 is 1.03 bits per heavy atom. The van der Waals surface area contributed by atoms with Gasteiger partial charge in [0.1, 0.15) is 0 Å². The quantitative estimate of drug-likeness (QED) is 0.240. The number of hydrogen-bond acceptors (Lipinski definition) is 7. The Morgan fingerprint density at radius 2 is 1.86 bits per heavy atom. The number of anilines is 4. The molecule has 0 saturated heterocycles. The number of carbonyl (C=O) groups is 1. The zero-order valence-corrected chi connectivity index (χ0v) is 20.2. The van der Waals surface area contributed by atoms with Crippen molar-refractivity contribution < 1.29 is 9.53 Å². The summed E-state index contributed by atoms with van der Waals surface area (Å²) in [6.45, 7) is 0. The average Bonchev–Trinajstić information content (AvgIpc) is 3.50. The number of nitrogens with two attached hydrogens (primary N) is 1. The lowest BCUT2D eigenvalue weighted by molar-refractivity contribution is 0.102. The van der Waals surface area contributed by atoms with E-state index in [0.717, 1.165) is 45.6 Å². The molecule has 5 aromatic rings. The molecule has 3 aromatic heterocycles. The normalized spacial score (nSPS) is 13.3. The highest BCUT2D eigenvalue weighted by molar-refractivity contribution is 7.18. The highest BCUT2D eigenvalue weighted by Gasteiger charge is 2.21. The van der Waals surface area contributed by atoms with Gasteiger partial charge >= 0.3 is 0 Å². The van der Waals surface area contributed by atoms with Crippen LogP contribution < -0.4 is 21.1 Å². The fourth-order valence-corrected chi connectivity index (χ4v) is 4.86. The van der Waals surface area contributed by atoms with Crippen LogP contribution in [0.3, 0.4) is 0 Å². The van der Waals surface area contributed by atoms with E-state index in [1.807, 2.05) is 59.4 Å². The number of para-hydroxylation sites is 2. The molecule has 1 aliphatic rings. The van der Waals surface area contributed by atoms with Gasteiger partial charge in [0.25, 0.3) is 5.91 Å². The SMILES string of the molecule is Nc1ccccc1NC(=O)c1ccc(Nc2ncc(-c3cnc4c(OC5CCC5)cccn34)s2)cc1. The van der Waals surface area contributed by atoms with Crippen molar-refractivity contribution >= 4 is 45.1 Å². The highest BCUT2D eigenvalue weighted by Crippen LogP contribution is 2.34. The fraction of sp³-hybridized carbons (Fsp3) is 0.148. The summed E-state index contributed by atoms with van der Waals surface area (Å²) in [7, 11) is 0. The number of carbonyl (C=O) groups excluding carboxylic acids is 1. The molecule has 1 amide bonds. The minimum absolute atomic E-state index is 0.218. The van der Waals surface area contributed by atoms with Gasteiger partial charge in [-0.1, -0.05) is 23.5 Å². The lowest BCUT2D eigenvalue weighted by Gasteiger charge is -2.26. The molecule has 1 saturated carbocycles. The summed E-state index contributed by atoms with van der Waals surface area (Å²) in [6.07, 6.45) is 9.41. The second kappa shape index (κ2) is 9.35. The van der Waals surface area contributed by atoms with Gasteiger partial charge in [-0.15, -0.1) is 0 Å². The van der Waals surface area contributed by atoms with E-state index < -0.39 is 0 Å². The Kier molecular flexibility index (Phi) is 5.74. The van der Waals surface area contributed by atoms with Gasteiger partial charge in [0, 0.05) is 23.6 Å². The van der Waals surface area contributed by atoms with Crippen molar-refractivity contribution in [2.45, 2.75) is 25.4 Å². The van der Waals surface area contributed by atoms with Gasteiger partial charge in [-0.2, -0.15) is 0 Å². The number of nitrogens with one attached hydrogen (secondary N) is 2. The molecule has 0 spiro atoms. The maximum atomic E-state index is 12.6. The topological polar surface area (TPSA) is 107 Å². The summed E-state index contributed by atoms with van der Waals surface area (Å²) in [5.41, 5.74) is 10.2. The Hall–Kier alpha value is -4.37. The minimum Gasteiger partial charge on any atom is -0.487 e. The first-order valence-corrected chi connectivity index (χ1v) is 12.6. The van der Waals surface area contributed by atoms with Crippen LogP contribution in [0, 0.1) is 0 Å². The van der Waals surface area contributed by atoms with Gasteiger partial charge in [-0.3, -0.25) is 9.20 Å². The molecule has 3 heterocycles. The third-order valence-electron chi connectivity index (χ3n) is 6.21. The molecule has 0 unspecified atom stereocenters. The Labute approximate surface area is 211 Å². The predicted octanol–water partition coefficient (Wildman–Crippen LogP) is 5.97. The summed E-state index contributed by atoms with van der Waals surface area (Å²) in [4.78, 5) is 22.7. The first kappa shape index (κ1) is 22.1. The molecule has 0 atom stereocenters. The number of imidazole rings is 1. The highest BCUT2D eigenvalue weighted by atomic mass is 32.1. The number of ether oxygens (including phenoxy) is 1.